The summed E-state index contributed by atoms with van der Waals surface area (Å²) in [5, 5.41) is 11.5. The SMILES string of the molecule is CCOc1ccccc1NC(=O)N1CCC(n2nnc3ccccc32)CC1. The minimum Gasteiger partial charge on any atom is -0.492 e. The molecule has 1 saturated heterocycles. The minimum absolute atomic E-state index is 0.0935. The minimum atomic E-state index is -0.0935. The fraction of sp³-hybridized carbons (Fsp3) is 0.350. The van der Waals surface area contributed by atoms with Crippen molar-refractivity contribution in [2.45, 2.75) is 25.8 Å². The second kappa shape index (κ2) is 7.65. The average Bonchev–Trinajstić information content (AvgIpc) is 3.14. The summed E-state index contributed by atoms with van der Waals surface area (Å²) in [4.78, 5) is 14.5. The van der Waals surface area contributed by atoms with Gasteiger partial charge >= 0.3 is 6.03 Å². The zero-order valence-corrected chi connectivity index (χ0v) is 15.3. The topological polar surface area (TPSA) is 72.3 Å². The highest BCUT2D eigenvalue weighted by Gasteiger charge is 2.26. The number of hydrogen-bond donors (Lipinski definition) is 1. The summed E-state index contributed by atoms with van der Waals surface area (Å²) in [7, 11) is 0. The molecule has 7 heteroatoms. The van der Waals surface area contributed by atoms with Gasteiger partial charge in [0.1, 0.15) is 11.3 Å². The van der Waals surface area contributed by atoms with Crippen LogP contribution in [0.1, 0.15) is 25.8 Å². The van der Waals surface area contributed by atoms with Gasteiger partial charge in [0.25, 0.3) is 0 Å². The molecule has 0 atom stereocenters. The van der Waals surface area contributed by atoms with Gasteiger partial charge in [0.15, 0.2) is 0 Å². The second-order valence-corrected chi connectivity index (χ2v) is 6.60. The molecule has 3 aromatic rings. The van der Waals surface area contributed by atoms with Gasteiger partial charge in [-0.2, -0.15) is 0 Å². The van der Waals surface area contributed by atoms with E-state index in [0.29, 0.717) is 31.1 Å². The summed E-state index contributed by atoms with van der Waals surface area (Å²) in [6.07, 6.45) is 1.71. The number of hydrogen-bond acceptors (Lipinski definition) is 4. The third-order valence-corrected chi connectivity index (χ3v) is 4.90. The number of aromatic nitrogens is 3. The number of benzene rings is 2. The molecule has 1 aliphatic rings. The van der Waals surface area contributed by atoms with E-state index in [1.165, 1.54) is 0 Å². The summed E-state index contributed by atoms with van der Waals surface area (Å²) in [6, 6.07) is 15.7. The number of likely N-dealkylation sites (tertiary alicyclic amines) is 1. The van der Waals surface area contributed by atoms with Gasteiger partial charge in [-0.25, -0.2) is 9.48 Å². The lowest BCUT2D eigenvalue weighted by Crippen LogP contribution is -2.41. The molecule has 2 amide bonds. The molecule has 0 radical (unpaired) electrons. The van der Waals surface area contributed by atoms with Crippen molar-refractivity contribution >= 4 is 22.8 Å². The van der Waals surface area contributed by atoms with Gasteiger partial charge in [0, 0.05) is 13.1 Å². The van der Waals surface area contributed by atoms with Gasteiger partial charge in [-0.15, -0.1) is 5.10 Å². The lowest BCUT2D eigenvalue weighted by atomic mass is 10.1. The maximum absolute atomic E-state index is 12.7. The molecule has 0 bridgehead atoms. The summed E-state index contributed by atoms with van der Waals surface area (Å²) in [5.74, 6) is 0.692. The average molecular weight is 365 g/mol. The van der Waals surface area contributed by atoms with Gasteiger partial charge in [0.2, 0.25) is 0 Å². The van der Waals surface area contributed by atoms with Crippen molar-refractivity contribution in [3.63, 3.8) is 0 Å². The van der Waals surface area contributed by atoms with E-state index in [2.05, 4.69) is 15.6 Å². The lowest BCUT2D eigenvalue weighted by molar-refractivity contribution is 0.181. The van der Waals surface area contributed by atoms with E-state index in [1.54, 1.807) is 0 Å². The van der Waals surface area contributed by atoms with Crippen molar-refractivity contribution < 1.29 is 9.53 Å². The van der Waals surface area contributed by atoms with Crippen LogP contribution in [0.3, 0.4) is 0 Å². The van der Waals surface area contributed by atoms with Crippen molar-refractivity contribution in [2.24, 2.45) is 0 Å². The molecule has 1 aliphatic heterocycles. The molecule has 2 aromatic carbocycles. The first-order chi connectivity index (χ1) is 13.3. The Labute approximate surface area is 157 Å². The number of carbonyl (C=O) groups is 1. The number of rotatable bonds is 4. The first-order valence-corrected chi connectivity index (χ1v) is 9.34. The van der Waals surface area contributed by atoms with Crippen LogP contribution in [-0.4, -0.2) is 45.6 Å². The van der Waals surface area contributed by atoms with E-state index in [9.17, 15) is 4.79 Å². The van der Waals surface area contributed by atoms with Gasteiger partial charge < -0.3 is 15.0 Å². The molecular weight excluding hydrogens is 342 g/mol. The number of urea groups is 1. The first kappa shape index (κ1) is 17.3. The largest absolute Gasteiger partial charge is 0.492 e. The Balaban J connectivity index is 1.40. The Kier molecular flexibility index (Phi) is 4.91. The van der Waals surface area contributed by atoms with Gasteiger partial charge in [-0.05, 0) is 44.0 Å². The highest BCUT2D eigenvalue weighted by atomic mass is 16.5. The lowest BCUT2D eigenvalue weighted by Gasteiger charge is -2.32. The number of fused-ring (bicyclic) bond motifs is 1. The standard InChI is InChI=1S/C20H23N5O2/c1-2-27-19-10-6-4-8-17(19)21-20(26)24-13-11-15(12-14-24)25-18-9-5-3-7-16(18)22-23-25/h3-10,15H,2,11-14H2,1H3,(H,21,26). The quantitative estimate of drug-likeness (QED) is 0.765. The van der Waals surface area contributed by atoms with Crippen molar-refractivity contribution in [2.75, 3.05) is 25.0 Å². The number of anilines is 1. The van der Waals surface area contributed by atoms with E-state index >= 15 is 0 Å². The maximum Gasteiger partial charge on any atom is 0.321 e. The number of nitrogens with zero attached hydrogens (tertiary/aromatic N) is 4. The fourth-order valence-electron chi connectivity index (χ4n) is 3.52. The van der Waals surface area contributed by atoms with Crippen LogP contribution in [0.15, 0.2) is 48.5 Å². The molecule has 1 fully saturated rings. The van der Waals surface area contributed by atoms with Crippen LogP contribution in [0.25, 0.3) is 11.0 Å². The molecule has 27 heavy (non-hydrogen) atoms. The molecule has 1 N–H and O–H groups in total. The van der Waals surface area contributed by atoms with Crippen LogP contribution in [-0.2, 0) is 0 Å². The van der Waals surface area contributed by atoms with Crippen LogP contribution in [0, 0.1) is 0 Å². The predicted octanol–water partition coefficient (Wildman–Crippen LogP) is 3.70. The Morgan fingerprint density at radius 2 is 1.89 bits per heavy atom. The van der Waals surface area contributed by atoms with Gasteiger partial charge in [0.05, 0.1) is 23.9 Å². The number of piperidine rings is 1. The van der Waals surface area contributed by atoms with Gasteiger partial charge in [-0.1, -0.05) is 29.5 Å². The highest BCUT2D eigenvalue weighted by molar-refractivity contribution is 5.91. The number of ether oxygens (including phenoxy) is 1. The van der Waals surface area contributed by atoms with Crippen molar-refractivity contribution in [3.8, 4) is 5.75 Å². The van der Waals surface area contributed by atoms with Crippen LogP contribution in [0.5, 0.6) is 5.75 Å². The molecule has 140 valence electrons. The van der Waals surface area contributed by atoms with E-state index in [4.69, 9.17) is 4.74 Å². The molecule has 4 rings (SSSR count). The third kappa shape index (κ3) is 3.58. The van der Waals surface area contributed by atoms with Crippen molar-refractivity contribution in [3.05, 3.63) is 48.5 Å². The number of nitrogens with one attached hydrogen (secondary N) is 1. The van der Waals surface area contributed by atoms with E-state index in [1.807, 2.05) is 65.0 Å². The summed E-state index contributed by atoms with van der Waals surface area (Å²) in [6.45, 7) is 3.85. The summed E-state index contributed by atoms with van der Waals surface area (Å²) in [5.41, 5.74) is 2.66. The predicted molar refractivity (Wildman–Crippen MR) is 104 cm³/mol. The van der Waals surface area contributed by atoms with Crippen molar-refractivity contribution in [1.82, 2.24) is 19.9 Å². The number of amides is 2. The summed E-state index contributed by atoms with van der Waals surface area (Å²) < 4.78 is 7.58. The number of carbonyl (C=O) groups excluding carboxylic acids is 1. The van der Waals surface area contributed by atoms with E-state index in [0.717, 1.165) is 23.9 Å². The van der Waals surface area contributed by atoms with Gasteiger partial charge in [-0.3, -0.25) is 0 Å². The monoisotopic (exact) mass is 365 g/mol. The van der Waals surface area contributed by atoms with Crippen LogP contribution < -0.4 is 10.1 Å². The molecule has 0 spiro atoms. The molecule has 0 saturated carbocycles. The number of para-hydroxylation sites is 3. The normalized spacial score (nSPS) is 15.1. The second-order valence-electron chi connectivity index (χ2n) is 6.60. The third-order valence-electron chi connectivity index (χ3n) is 4.90. The molecule has 0 unspecified atom stereocenters. The zero-order valence-electron chi connectivity index (χ0n) is 15.3. The molecule has 7 nitrogen and oxygen atoms in total. The Hall–Kier alpha value is -3.09. The molecule has 2 heterocycles. The van der Waals surface area contributed by atoms with Crippen molar-refractivity contribution in [1.29, 1.82) is 0 Å². The first-order valence-electron chi connectivity index (χ1n) is 9.34. The van der Waals surface area contributed by atoms with E-state index in [-0.39, 0.29) is 12.1 Å². The Morgan fingerprint density at radius 3 is 2.70 bits per heavy atom. The van der Waals surface area contributed by atoms with Crippen LogP contribution >= 0.6 is 0 Å². The molecule has 0 aliphatic carbocycles. The summed E-state index contributed by atoms with van der Waals surface area (Å²) >= 11 is 0. The maximum atomic E-state index is 12.7. The highest BCUT2D eigenvalue weighted by Crippen LogP contribution is 2.27. The van der Waals surface area contributed by atoms with E-state index < -0.39 is 0 Å². The Bertz CT molecular complexity index is 931. The zero-order chi connectivity index (χ0) is 18.6. The molecule has 1 aromatic heterocycles. The Morgan fingerprint density at radius 1 is 1.15 bits per heavy atom. The fourth-order valence-corrected chi connectivity index (χ4v) is 3.52. The smallest absolute Gasteiger partial charge is 0.321 e. The van der Waals surface area contributed by atoms with Crippen LogP contribution in [0.2, 0.25) is 0 Å². The molecular formula is C20H23N5O2. The van der Waals surface area contributed by atoms with Crippen LogP contribution in [0.4, 0.5) is 10.5 Å².